The Morgan fingerprint density at radius 3 is 2.07 bits per heavy atom. The van der Waals surface area contributed by atoms with Crippen molar-refractivity contribution in [2.45, 2.75) is 18.5 Å². The summed E-state index contributed by atoms with van der Waals surface area (Å²) in [7, 11) is 0. The molecule has 6 nitrogen and oxygen atoms in total. The smallest absolute Gasteiger partial charge is 0.475 e. The summed E-state index contributed by atoms with van der Waals surface area (Å²) in [6, 6.07) is 6.54. The largest absolute Gasteiger partial charge is 0.490 e. The summed E-state index contributed by atoms with van der Waals surface area (Å²) in [4.78, 5) is 34.3. The Hall–Kier alpha value is -2.56. The lowest BCUT2D eigenvalue weighted by atomic mass is 9.96. The quantitative estimate of drug-likeness (QED) is 0.593. The Bertz CT molecular complexity index is 716. The van der Waals surface area contributed by atoms with E-state index in [1.54, 1.807) is 24.3 Å². The minimum Gasteiger partial charge on any atom is -0.475 e. The van der Waals surface area contributed by atoms with Gasteiger partial charge in [-0.05, 0) is 18.1 Å². The Balaban J connectivity index is 0.000000321. The fourth-order valence-corrected chi connectivity index (χ4v) is 2.82. The summed E-state index contributed by atoms with van der Waals surface area (Å²) in [6.45, 7) is 0.0869. The second-order valence-electron chi connectivity index (χ2n) is 6.13. The average Bonchev–Trinajstić information content (AvgIpc) is 2.79. The number of rotatable bonds is 2. The van der Waals surface area contributed by atoms with Crippen LogP contribution in [0.5, 0.6) is 0 Å². The molecule has 11 heteroatoms. The van der Waals surface area contributed by atoms with Crippen molar-refractivity contribution in [2.24, 2.45) is 5.92 Å². The van der Waals surface area contributed by atoms with Gasteiger partial charge in [0.25, 0.3) is 17.7 Å². The minimum absolute atomic E-state index is 0.0366. The van der Waals surface area contributed by atoms with Crippen LogP contribution in [0.2, 0.25) is 0 Å². The zero-order chi connectivity index (χ0) is 20.4. The van der Waals surface area contributed by atoms with Crippen LogP contribution in [0.1, 0.15) is 27.1 Å². The number of carboxylic acid groups (broad SMARTS) is 1. The topological polar surface area (TPSA) is 86.7 Å². The van der Waals surface area contributed by atoms with Crippen molar-refractivity contribution in [1.29, 1.82) is 0 Å². The number of hydrogen-bond acceptors (Lipinski definition) is 4. The van der Waals surface area contributed by atoms with Gasteiger partial charge in [-0.1, -0.05) is 12.1 Å². The number of nitrogens with zero attached hydrogens (tertiary/aromatic N) is 1. The first-order valence-corrected chi connectivity index (χ1v) is 7.76. The molecular weight excluding hydrogens is 379 g/mol. The number of imide groups is 1. The second kappa shape index (κ2) is 7.59. The molecule has 1 atom stereocenters. The molecule has 1 fully saturated rings. The third kappa shape index (κ3) is 5.00. The SMILES string of the molecule is O=C(O)C(F)(F)F.O=C1c2ccccc2C(=O)N1CC1CNCC(F)(F)C1. The standard InChI is InChI=1S/C14H14F2N2O2.C2HF3O2/c15-14(16)5-9(6-17-8-14)7-18-12(19)10-3-1-2-4-11(10)13(18)20;3-2(4,5)1(6)7/h1-4,9,17H,5-8H2;(H,6,7). The highest BCUT2D eigenvalue weighted by Crippen LogP contribution is 2.29. The van der Waals surface area contributed by atoms with Gasteiger partial charge in [0.05, 0.1) is 17.7 Å². The van der Waals surface area contributed by atoms with Gasteiger partial charge >= 0.3 is 12.1 Å². The first kappa shape index (κ1) is 20.7. The molecule has 2 aliphatic heterocycles. The highest BCUT2D eigenvalue weighted by molar-refractivity contribution is 6.21. The van der Waals surface area contributed by atoms with E-state index in [0.717, 1.165) is 4.90 Å². The number of carbonyl (C=O) groups excluding carboxylic acids is 2. The van der Waals surface area contributed by atoms with Crippen LogP contribution in [0.25, 0.3) is 0 Å². The van der Waals surface area contributed by atoms with Crippen LogP contribution in [0.4, 0.5) is 22.0 Å². The normalized spacial score (nSPS) is 21.4. The molecule has 1 saturated heterocycles. The first-order chi connectivity index (χ1) is 12.4. The van der Waals surface area contributed by atoms with Crippen LogP contribution in [0, 0.1) is 5.92 Å². The van der Waals surface area contributed by atoms with Gasteiger partial charge in [-0.2, -0.15) is 13.2 Å². The lowest BCUT2D eigenvalue weighted by Crippen LogP contribution is -2.48. The molecule has 1 aromatic carbocycles. The third-order valence-electron chi connectivity index (χ3n) is 3.97. The van der Waals surface area contributed by atoms with Crippen molar-refractivity contribution in [3.63, 3.8) is 0 Å². The van der Waals surface area contributed by atoms with E-state index >= 15 is 0 Å². The monoisotopic (exact) mass is 394 g/mol. The lowest BCUT2D eigenvalue weighted by Gasteiger charge is -2.31. The van der Waals surface area contributed by atoms with Crippen molar-refractivity contribution < 1.29 is 41.4 Å². The summed E-state index contributed by atoms with van der Waals surface area (Å²) in [5, 5.41) is 9.78. The summed E-state index contributed by atoms with van der Waals surface area (Å²) in [5.74, 6) is -6.73. The molecule has 148 valence electrons. The summed E-state index contributed by atoms with van der Waals surface area (Å²) < 4.78 is 58.4. The minimum atomic E-state index is -5.08. The van der Waals surface area contributed by atoms with Crippen LogP contribution in [0.15, 0.2) is 24.3 Å². The van der Waals surface area contributed by atoms with Crippen LogP contribution >= 0.6 is 0 Å². The number of aliphatic carboxylic acids is 1. The molecule has 0 aliphatic carbocycles. The molecule has 0 saturated carbocycles. The van der Waals surface area contributed by atoms with Gasteiger partial charge in [-0.25, -0.2) is 13.6 Å². The van der Waals surface area contributed by atoms with Crippen LogP contribution in [-0.4, -0.2) is 59.5 Å². The average molecular weight is 394 g/mol. The van der Waals surface area contributed by atoms with Gasteiger partial charge in [0.15, 0.2) is 0 Å². The Morgan fingerprint density at radius 1 is 1.19 bits per heavy atom. The molecular formula is C16H15F5N2O4. The molecule has 2 N–H and O–H groups in total. The number of hydrogen-bond donors (Lipinski definition) is 2. The lowest BCUT2D eigenvalue weighted by molar-refractivity contribution is -0.192. The van der Waals surface area contributed by atoms with Gasteiger partial charge in [0.1, 0.15) is 0 Å². The van der Waals surface area contributed by atoms with Gasteiger partial charge in [0, 0.05) is 19.5 Å². The molecule has 0 bridgehead atoms. The number of benzene rings is 1. The fourth-order valence-electron chi connectivity index (χ4n) is 2.82. The number of piperidine rings is 1. The van der Waals surface area contributed by atoms with Crippen LogP contribution in [-0.2, 0) is 4.79 Å². The predicted octanol–water partition coefficient (Wildman–Crippen LogP) is 2.16. The highest BCUT2D eigenvalue weighted by atomic mass is 19.4. The van der Waals surface area contributed by atoms with E-state index in [1.807, 2.05) is 0 Å². The van der Waals surface area contributed by atoms with Crippen molar-refractivity contribution in [3.05, 3.63) is 35.4 Å². The number of nitrogens with one attached hydrogen (secondary N) is 1. The molecule has 27 heavy (non-hydrogen) atoms. The van der Waals surface area contributed by atoms with E-state index in [0.29, 0.717) is 17.7 Å². The Morgan fingerprint density at radius 2 is 1.67 bits per heavy atom. The zero-order valence-electron chi connectivity index (χ0n) is 13.7. The van der Waals surface area contributed by atoms with Crippen molar-refractivity contribution in [2.75, 3.05) is 19.6 Å². The third-order valence-corrected chi connectivity index (χ3v) is 3.97. The molecule has 0 radical (unpaired) electrons. The van der Waals surface area contributed by atoms with E-state index < -0.39 is 24.0 Å². The van der Waals surface area contributed by atoms with Crippen molar-refractivity contribution in [1.82, 2.24) is 10.2 Å². The number of alkyl halides is 5. The number of amides is 2. The molecule has 3 rings (SSSR count). The van der Waals surface area contributed by atoms with E-state index in [2.05, 4.69) is 5.32 Å². The maximum atomic E-state index is 13.3. The van der Waals surface area contributed by atoms with Crippen molar-refractivity contribution in [3.8, 4) is 0 Å². The number of halogens is 5. The number of carboxylic acids is 1. The Labute approximate surface area is 149 Å². The molecule has 1 unspecified atom stereocenters. The van der Waals surface area contributed by atoms with Gasteiger partial charge in [0.2, 0.25) is 0 Å². The highest BCUT2D eigenvalue weighted by Gasteiger charge is 2.41. The Kier molecular flexibility index (Phi) is 5.83. The van der Waals surface area contributed by atoms with E-state index in [9.17, 15) is 31.5 Å². The van der Waals surface area contributed by atoms with Gasteiger partial charge in [-0.15, -0.1) is 0 Å². The molecule has 0 spiro atoms. The van der Waals surface area contributed by atoms with Crippen LogP contribution in [0.3, 0.4) is 0 Å². The maximum absolute atomic E-state index is 13.3. The van der Waals surface area contributed by atoms with E-state index in [4.69, 9.17) is 9.90 Å². The number of carbonyl (C=O) groups is 3. The fraction of sp³-hybridized carbons (Fsp3) is 0.438. The molecule has 1 aromatic rings. The zero-order valence-corrected chi connectivity index (χ0v) is 13.7. The number of fused-ring (bicyclic) bond motifs is 1. The maximum Gasteiger partial charge on any atom is 0.490 e. The van der Waals surface area contributed by atoms with Crippen molar-refractivity contribution >= 4 is 17.8 Å². The van der Waals surface area contributed by atoms with E-state index in [-0.39, 0.29) is 31.3 Å². The van der Waals surface area contributed by atoms with Crippen LogP contribution < -0.4 is 5.32 Å². The van der Waals surface area contributed by atoms with Gasteiger partial charge in [-0.3, -0.25) is 14.5 Å². The molecule has 2 amide bonds. The summed E-state index contributed by atoms with van der Waals surface area (Å²) in [5.41, 5.74) is 0.709. The summed E-state index contributed by atoms with van der Waals surface area (Å²) >= 11 is 0. The summed E-state index contributed by atoms with van der Waals surface area (Å²) in [6.07, 6.45) is -5.38. The molecule has 2 aliphatic rings. The van der Waals surface area contributed by atoms with Gasteiger partial charge < -0.3 is 10.4 Å². The second-order valence-corrected chi connectivity index (χ2v) is 6.13. The predicted molar refractivity (Wildman–Crippen MR) is 81.4 cm³/mol. The molecule has 0 aromatic heterocycles. The molecule has 2 heterocycles. The first-order valence-electron chi connectivity index (χ1n) is 7.76. The van der Waals surface area contributed by atoms with E-state index in [1.165, 1.54) is 0 Å².